The molecule has 186 valence electrons. The van der Waals surface area contributed by atoms with Crippen molar-refractivity contribution in [2.75, 3.05) is 60.8 Å². The number of hydrogen-bond acceptors (Lipinski definition) is 10. The summed E-state index contributed by atoms with van der Waals surface area (Å²) in [6.07, 6.45) is 5.52. The predicted molar refractivity (Wildman–Crippen MR) is 134 cm³/mol. The lowest BCUT2D eigenvalue weighted by atomic mass is 9.96. The predicted octanol–water partition coefficient (Wildman–Crippen LogP) is 2.89. The van der Waals surface area contributed by atoms with Crippen LogP contribution in [0.5, 0.6) is 0 Å². The summed E-state index contributed by atoms with van der Waals surface area (Å²) in [5.41, 5.74) is 0.732. The number of hydrogen-bond donors (Lipinski definition) is 1. The Morgan fingerprint density at radius 1 is 1.11 bits per heavy atom. The molecule has 35 heavy (non-hydrogen) atoms. The molecule has 5 heterocycles. The van der Waals surface area contributed by atoms with Gasteiger partial charge in [-0.3, -0.25) is 4.79 Å². The first-order valence-electron chi connectivity index (χ1n) is 11.5. The minimum atomic E-state index is -3.28. The van der Waals surface area contributed by atoms with Gasteiger partial charge in [0.15, 0.2) is 20.7 Å². The molecule has 2 saturated heterocycles. The fourth-order valence-electron chi connectivity index (χ4n) is 4.28. The number of pyridine rings is 1. The number of anilines is 3. The van der Waals surface area contributed by atoms with Crippen molar-refractivity contribution in [3.05, 3.63) is 36.7 Å². The zero-order valence-corrected chi connectivity index (χ0v) is 21.0. The Morgan fingerprint density at radius 3 is 2.51 bits per heavy atom. The number of thiazole rings is 1. The van der Waals surface area contributed by atoms with Gasteiger partial charge >= 0.3 is 0 Å². The van der Waals surface area contributed by atoms with E-state index in [2.05, 4.69) is 20.1 Å². The van der Waals surface area contributed by atoms with Gasteiger partial charge in [0.25, 0.3) is 0 Å². The van der Waals surface area contributed by atoms with Gasteiger partial charge in [0.05, 0.1) is 24.4 Å². The number of ether oxygens (including phenoxy) is 1. The van der Waals surface area contributed by atoms with Gasteiger partial charge in [0.2, 0.25) is 5.91 Å². The molecule has 0 aromatic carbocycles. The van der Waals surface area contributed by atoms with Crippen LogP contribution in [-0.4, -0.2) is 69.9 Å². The summed E-state index contributed by atoms with van der Waals surface area (Å²) in [5.74, 6) is 1.21. The highest BCUT2D eigenvalue weighted by Crippen LogP contribution is 2.39. The number of carbonyl (C=O) groups excluding carboxylic acids is 1. The molecular formula is C23H27N5O5S2. The van der Waals surface area contributed by atoms with E-state index >= 15 is 0 Å². The molecule has 0 bridgehead atoms. The summed E-state index contributed by atoms with van der Waals surface area (Å²) in [6.45, 7) is 4.17. The van der Waals surface area contributed by atoms with Crippen molar-refractivity contribution in [3.63, 3.8) is 0 Å². The molecule has 2 aliphatic rings. The Bertz CT molecular complexity index is 1260. The third-order valence-corrected chi connectivity index (χ3v) is 8.36. The largest absolute Gasteiger partial charge is 0.463 e. The van der Waals surface area contributed by atoms with Gasteiger partial charge in [-0.25, -0.2) is 18.4 Å². The summed E-state index contributed by atoms with van der Waals surface area (Å²) in [6, 6.07) is 6.99. The van der Waals surface area contributed by atoms with Crippen LogP contribution in [0, 0.1) is 5.92 Å². The van der Waals surface area contributed by atoms with Gasteiger partial charge in [0.1, 0.15) is 16.5 Å². The van der Waals surface area contributed by atoms with Crippen LogP contribution in [0.1, 0.15) is 12.8 Å². The second kappa shape index (κ2) is 9.96. The van der Waals surface area contributed by atoms with Gasteiger partial charge in [-0.15, -0.1) is 0 Å². The number of morpholine rings is 1. The molecule has 0 atom stereocenters. The molecular weight excluding hydrogens is 490 g/mol. The van der Waals surface area contributed by atoms with Crippen LogP contribution in [0.15, 0.2) is 46.0 Å². The number of nitrogens with zero attached hydrogens (tertiary/aromatic N) is 4. The van der Waals surface area contributed by atoms with Crippen molar-refractivity contribution >= 4 is 43.0 Å². The van der Waals surface area contributed by atoms with E-state index in [9.17, 15) is 13.2 Å². The molecule has 0 saturated carbocycles. The van der Waals surface area contributed by atoms with Crippen molar-refractivity contribution in [1.82, 2.24) is 9.97 Å². The van der Waals surface area contributed by atoms with E-state index in [1.54, 1.807) is 18.4 Å². The zero-order valence-electron chi connectivity index (χ0n) is 19.3. The van der Waals surface area contributed by atoms with Gasteiger partial charge < -0.3 is 24.3 Å². The maximum absolute atomic E-state index is 13.0. The minimum absolute atomic E-state index is 0.0432. The number of piperidine rings is 1. The molecule has 0 unspecified atom stereocenters. The Hall–Kier alpha value is -2.96. The monoisotopic (exact) mass is 517 g/mol. The summed E-state index contributed by atoms with van der Waals surface area (Å²) in [4.78, 5) is 26.5. The van der Waals surface area contributed by atoms with E-state index in [1.807, 2.05) is 12.1 Å². The molecule has 2 aliphatic heterocycles. The molecule has 1 amide bonds. The van der Waals surface area contributed by atoms with E-state index in [0.29, 0.717) is 50.0 Å². The van der Waals surface area contributed by atoms with Crippen molar-refractivity contribution in [2.24, 2.45) is 5.92 Å². The number of nitrogens with one attached hydrogen (secondary N) is 1. The van der Waals surface area contributed by atoms with E-state index < -0.39 is 9.84 Å². The minimum Gasteiger partial charge on any atom is -0.463 e. The van der Waals surface area contributed by atoms with Crippen LogP contribution in [0.2, 0.25) is 0 Å². The van der Waals surface area contributed by atoms with Crippen LogP contribution in [0.4, 0.5) is 16.0 Å². The number of carbonyl (C=O) groups is 1. The fraction of sp³-hybridized carbons (Fsp3) is 0.435. The summed E-state index contributed by atoms with van der Waals surface area (Å²) in [7, 11) is -3.28. The fourth-order valence-corrected chi connectivity index (χ4v) is 5.86. The first-order valence-corrected chi connectivity index (χ1v) is 14.2. The maximum atomic E-state index is 13.0. The van der Waals surface area contributed by atoms with Crippen LogP contribution >= 0.6 is 11.3 Å². The number of amides is 1. The molecule has 5 rings (SSSR count). The topological polar surface area (TPSA) is 118 Å². The SMILES string of the molecule is CS(=O)(=O)c1ccc(N2CCC(C(=O)Nc3nc(-c4ccco4)c(N4CCOCC4)s3)CC2)nc1. The standard InChI is InChI=1S/C23H27N5O5S2/c1-35(30,31)17-4-5-19(24-15-17)27-8-6-16(7-9-27)21(29)26-23-25-20(18-3-2-12-33-18)22(34-23)28-10-13-32-14-11-28/h2-5,12,15-16H,6-11,13-14H2,1H3,(H,25,26,29). The highest BCUT2D eigenvalue weighted by Gasteiger charge is 2.28. The Morgan fingerprint density at radius 2 is 1.89 bits per heavy atom. The quantitative estimate of drug-likeness (QED) is 0.526. The molecule has 0 radical (unpaired) electrons. The Kier molecular flexibility index (Phi) is 6.76. The molecule has 0 aliphatic carbocycles. The molecule has 12 heteroatoms. The smallest absolute Gasteiger partial charge is 0.229 e. The lowest BCUT2D eigenvalue weighted by Gasteiger charge is -2.32. The highest BCUT2D eigenvalue weighted by atomic mass is 32.2. The Balaban J connectivity index is 1.23. The van der Waals surface area contributed by atoms with E-state index in [1.165, 1.54) is 17.5 Å². The number of sulfone groups is 1. The molecule has 1 N–H and O–H groups in total. The number of furan rings is 1. The highest BCUT2D eigenvalue weighted by molar-refractivity contribution is 7.90. The third kappa shape index (κ3) is 5.34. The van der Waals surface area contributed by atoms with Crippen molar-refractivity contribution < 1.29 is 22.4 Å². The van der Waals surface area contributed by atoms with E-state index in [-0.39, 0.29) is 16.7 Å². The van der Waals surface area contributed by atoms with Crippen molar-refractivity contribution in [1.29, 1.82) is 0 Å². The lowest BCUT2D eigenvalue weighted by molar-refractivity contribution is -0.120. The third-order valence-electron chi connectivity index (χ3n) is 6.23. The van der Waals surface area contributed by atoms with Crippen molar-refractivity contribution in [2.45, 2.75) is 17.7 Å². The molecule has 3 aromatic rings. The summed E-state index contributed by atoms with van der Waals surface area (Å²) >= 11 is 1.46. The molecule has 10 nitrogen and oxygen atoms in total. The lowest BCUT2D eigenvalue weighted by Crippen LogP contribution is -2.38. The normalized spacial score (nSPS) is 17.5. The molecule has 0 spiro atoms. The Labute approximate surface area is 207 Å². The van der Waals surface area contributed by atoms with Gasteiger partial charge in [-0.1, -0.05) is 11.3 Å². The van der Waals surface area contributed by atoms with Crippen LogP contribution < -0.4 is 15.1 Å². The first-order chi connectivity index (χ1) is 16.9. The van der Waals surface area contributed by atoms with Crippen LogP contribution in [0.3, 0.4) is 0 Å². The van der Waals surface area contributed by atoms with Crippen LogP contribution in [-0.2, 0) is 19.4 Å². The second-order valence-electron chi connectivity index (χ2n) is 8.62. The summed E-state index contributed by atoms with van der Waals surface area (Å²) < 4.78 is 34.4. The van der Waals surface area contributed by atoms with Crippen LogP contribution in [0.25, 0.3) is 11.5 Å². The van der Waals surface area contributed by atoms with Gasteiger partial charge in [-0.05, 0) is 37.1 Å². The first kappa shape index (κ1) is 23.8. The number of aromatic nitrogens is 2. The second-order valence-corrected chi connectivity index (χ2v) is 11.6. The van der Waals surface area contributed by atoms with Gasteiger partial charge in [-0.2, -0.15) is 0 Å². The van der Waals surface area contributed by atoms with Gasteiger partial charge in [0, 0.05) is 44.5 Å². The maximum Gasteiger partial charge on any atom is 0.229 e. The zero-order chi connectivity index (χ0) is 24.4. The van der Waals surface area contributed by atoms with E-state index in [0.717, 1.165) is 35.9 Å². The number of rotatable bonds is 6. The average molecular weight is 518 g/mol. The van der Waals surface area contributed by atoms with E-state index in [4.69, 9.17) is 14.1 Å². The summed E-state index contributed by atoms with van der Waals surface area (Å²) in [5, 5.41) is 4.55. The van der Waals surface area contributed by atoms with Crippen molar-refractivity contribution in [3.8, 4) is 11.5 Å². The molecule has 2 fully saturated rings. The molecule has 3 aromatic heterocycles. The average Bonchev–Trinajstić information content (AvgIpc) is 3.54.